The van der Waals surface area contributed by atoms with Gasteiger partial charge in [0.15, 0.2) is 11.0 Å². The Morgan fingerprint density at radius 2 is 1.82 bits per heavy atom. The summed E-state index contributed by atoms with van der Waals surface area (Å²) in [4.78, 5) is 4.48. The molecule has 0 aliphatic carbocycles. The van der Waals surface area contributed by atoms with Crippen LogP contribution < -0.4 is 0 Å². The minimum atomic E-state index is -2.71. The van der Waals surface area contributed by atoms with Crippen LogP contribution in [0.4, 0.5) is 8.78 Å². The Morgan fingerprint density at radius 3 is 2.55 bits per heavy atom. The van der Waals surface area contributed by atoms with Crippen LogP contribution in [0.2, 0.25) is 5.02 Å². The summed E-state index contributed by atoms with van der Waals surface area (Å²) >= 11 is 7.35. The largest absolute Gasteiger partial charge is 0.467 e. The molecule has 2 aromatic carbocycles. The molecule has 1 atom stereocenters. The van der Waals surface area contributed by atoms with Gasteiger partial charge in [-0.2, -0.15) is 8.78 Å². The molecule has 168 valence electrons. The van der Waals surface area contributed by atoms with E-state index in [1.807, 2.05) is 35.8 Å². The van der Waals surface area contributed by atoms with E-state index >= 15 is 0 Å². The summed E-state index contributed by atoms with van der Waals surface area (Å²) in [6, 6.07) is 17.8. The number of benzene rings is 2. The van der Waals surface area contributed by atoms with Crippen LogP contribution in [0.25, 0.3) is 22.4 Å². The second kappa shape index (κ2) is 8.99. The van der Waals surface area contributed by atoms with Crippen molar-refractivity contribution in [3.05, 3.63) is 83.5 Å². The number of thioether (sulfide) groups is 1. The number of halogens is 3. The molecule has 0 bridgehead atoms. The number of alkyl halides is 2. The van der Waals surface area contributed by atoms with Crippen LogP contribution in [-0.2, 0) is 6.54 Å². The van der Waals surface area contributed by atoms with Crippen LogP contribution in [0.3, 0.4) is 0 Å². The number of fused-ring (bicyclic) bond motifs is 1. The molecule has 10 heteroatoms. The van der Waals surface area contributed by atoms with Crippen LogP contribution in [-0.4, -0.2) is 24.3 Å². The summed E-state index contributed by atoms with van der Waals surface area (Å²) < 4.78 is 36.3. The summed E-state index contributed by atoms with van der Waals surface area (Å²) in [7, 11) is 0. The minimum absolute atomic E-state index is 0.275. The molecule has 0 spiro atoms. The van der Waals surface area contributed by atoms with E-state index < -0.39 is 11.8 Å². The van der Waals surface area contributed by atoms with Gasteiger partial charge in [-0.05, 0) is 55.5 Å². The van der Waals surface area contributed by atoms with Gasteiger partial charge in [-0.1, -0.05) is 35.5 Å². The average molecular weight is 486 g/mol. The van der Waals surface area contributed by atoms with Crippen molar-refractivity contribution in [3.8, 4) is 11.4 Å². The van der Waals surface area contributed by atoms with Crippen molar-refractivity contribution < 1.29 is 13.2 Å². The Kier molecular flexibility index (Phi) is 5.90. The number of imidazole rings is 1. The lowest BCUT2D eigenvalue weighted by molar-refractivity contribution is 0.0715. The predicted octanol–water partition coefficient (Wildman–Crippen LogP) is 6.84. The third-order valence-corrected chi connectivity index (χ3v) is 6.51. The fourth-order valence-electron chi connectivity index (χ4n) is 3.66. The van der Waals surface area contributed by atoms with Gasteiger partial charge < -0.3 is 4.42 Å². The molecular weight excluding hydrogens is 468 g/mol. The standard InChI is InChI=1S/C23H18ClF2N5OS/c1-14(20-27-18-6-2-3-7-19(18)31(20)22(25)26)33-23-29-28-21(15-8-10-16(24)11-9-15)30(23)13-17-5-4-12-32-17/h2-12,14,22H,13H2,1H3. The first-order valence-electron chi connectivity index (χ1n) is 10.1. The van der Waals surface area contributed by atoms with Crippen molar-refractivity contribution >= 4 is 34.4 Å². The van der Waals surface area contributed by atoms with Gasteiger partial charge in [0.2, 0.25) is 0 Å². The van der Waals surface area contributed by atoms with Crippen molar-refractivity contribution in [1.82, 2.24) is 24.3 Å². The zero-order valence-corrected chi connectivity index (χ0v) is 19.0. The van der Waals surface area contributed by atoms with E-state index in [0.29, 0.717) is 33.6 Å². The second-order valence-electron chi connectivity index (χ2n) is 7.35. The Bertz CT molecular complexity index is 1380. The molecule has 5 aromatic rings. The quantitative estimate of drug-likeness (QED) is 0.236. The minimum Gasteiger partial charge on any atom is -0.467 e. The highest BCUT2D eigenvalue weighted by Gasteiger charge is 2.25. The number of para-hydroxylation sites is 2. The molecule has 3 aromatic heterocycles. The van der Waals surface area contributed by atoms with Gasteiger partial charge in [-0.15, -0.1) is 10.2 Å². The van der Waals surface area contributed by atoms with E-state index in [9.17, 15) is 8.78 Å². The predicted molar refractivity (Wildman–Crippen MR) is 124 cm³/mol. The molecule has 0 saturated carbocycles. The topological polar surface area (TPSA) is 61.7 Å². The van der Waals surface area contributed by atoms with Crippen molar-refractivity contribution in [3.63, 3.8) is 0 Å². The van der Waals surface area contributed by atoms with E-state index in [4.69, 9.17) is 16.0 Å². The molecule has 6 nitrogen and oxygen atoms in total. The van der Waals surface area contributed by atoms with Gasteiger partial charge in [0.25, 0.3) is 0 Å². The SMILES string of the molecule is CC(Sc1nnc(-c2ccc(Cl)cc2)n1Cc1ccco1)c1nc2ccccc2n1C(F)F. The van der Waals surface area contributed by atoms with Crippen LogP contribution in [0.5, 0.6) is 0 Å². The zero-order valence-electron chi connectivity index (χ0n) is 17.4. The first-order chi connectivity index (χ1) is 16.0. The molecule has 1 unspecified atom stereocenters. The third-order valence-electron chi connectivity index (χ3n) is 5.18. The summed E-state index contributed by atoms with van der Waals surface area (Å²) in [6.07, 6.45) is 1.60. The lowest BCUT2D eigenvalue weighted by Gasteiger charge is -2.14. The van der Waals surface area contributed by atoms with E-state index in [0.717, 1.165) is 15.9 Å². The van der Waals surface area contributed by atoms with Gasteiger partial charge in [-0.3, -0.25) is 9.13 Å². The number of aromatic nitrogens is 5. The lowest BCUT2D eigenvalue weighted by atomic mass is 10.2. The third kappa shape index (κ3) is 4.26. The summed E-state index contributed by atoms with van der Waals surface area (Å²) in [5, 5.41) is 9.51. The summed E-state index contributed by atoms with van der Waals surface area (Å²) in [6.45, 7) is -0.488. The van der Waals surface area contributed by atoms with E-state index in [1.165, 1.54) is 11.8 Å². The highest BCUT2D eigenvalue weighted by molar-refractivity contribution is 7.99. The second-order valence-corrected chi connectivity index (χ2v) is 9.09. The van der Waals surface area contributed by atoms with Crippen LogP contribution in [0.1, 0.15) is 30.3 Å². The number of hydrogen-bond donors (Lipinski definition) is 0. The Labute approximate surface area is 197 Å². The first-order valence-corrected chi connectivity index (χ1v) is 11.4. The van der Waals surface area contributed by atoms with E-state index in [2.05, 4.69) is 15.2 Å². The average Bonchev–Trinajstić information content (AvgIpc) is 3.54. The maximum Gasteiger partial charge on any atom is 0.320 e. The van der Waals surface area contributed by atoms with Crippen molar-refractivity contribution in [2.45, 2.75) is 30.4 Å². The molecule has 33 heavy (non-hydrogen) atoms. The molecule has 0 saturated heterocycles. The fourth-order valence-corrected chi connectivity index (χ4v) is 4.74. The van der Waals surface area contributed by atoms with Crippen molar-refractivity contribution in [2.24, 2.45) is 0 Å². The fraction of sp³-hybridized carbons (Fsp3) is 0.174. The van der Waals surface area contributed by atoms with Gasteiger partial charge >= 0.3 is 6.55 Å². The van der Waals surface area contributed by atoms with Crippen molar-refractivity contribution in [2.75, 3.05) is 0 Å². The number of rotatable bonds is 7. The Balaban J connectivity index is 1.54. The highest BCUT2D eigenvalue weighted by atomic mass is 35.5. The first kappa shape index (κ1) is 21.7. The number of nitrogens with zero attached hydrogens (tertiary/aromatic N) is 5. The highest BCUT2D eigenvalue weighted by Crippen LogP contribution is 2.38. The lowest BCUT2D eigenvalue weighted by Crippen LogP contribution is -2.08. The van der Waals surface area contributed by atoms with Crippen LogP contribution >= 0.6 is 23.4 Å². The van der Waals surface area contributed by atoms with Crippen molar-refractivity contribution in [1.29, 1.82) is 0 Å². The van der Waals surface area contributed by atoms with Gasteiger partial charge in [-0.25, -0.2) is 4.98 Å². The molecule has 3 heterocycles. The van der Waals surface area contributed by atoms with Crippen LogP contribution in [0.15, 0.2) is 76.5 Å². The van der Waals surface area contributed by atoms with E-state index in [-0.39, 0.29) is 5.82 Å². The molecule has 0 aliphatic rings. The summed E-state index contributed by atoms with van der Waals surface area (Å²) in [5.41, 5.74) is 1.76. The zero-order chi connectivity index (χ0) is 22.9. The number of furan rings is 1. The normalized spacial score (nSPS) is 12.6. The number of hydrogen-bond acceptors (Lipinski definition) is 5. The molecular formula is C23H18ClF2N5OS. The smallest absolute Gasteiger partial charge is 0.320 e. The van der Waals surface area contributed by atoms with Crippen LogP contribution in [0, 0.1) is 0 Å². The van der Waals surface area contributed by atoms with Gasteiger partial charge in [0, 0.05) is 10.6 Å². The molecule has 0 aliphatic heterocycles. The van der Waals surface area contributed by atoms with Gasteiger partial charge in [0.05, 0.1) is 29.1 Å². The maximum absolute atomic E-state index is 13.9. The molecule has 0 radical (unpaired) electrons. The molecule has 5 rings (SSSR count). The monoisotopic (exact) mass is 485 g/mol. The molecule has 0 N–H and O–H groups in total. The summed E-state index contributed by atoms with van der Waals surface area (Å²) in [5.74, 6) is 1.62. The van der Waals surface area contributed by atoms with Gasteiger partial charge in [0.1, 0.15) is 11.6 Å². The Hall–Kier alpha value is -3.17. The van der Waals surface area contributed by atoms with E-state index in [1.54, 1.807) is 42.7 Å². The molecule has 0 amide bonds. The molecule has 0 fully saturated rings. The maximum atomic E-state index is 13.9. The Morgan fingerprint density at radius 1 is 1.03 bits per heavy atom.